The van der Waals surface area contributed by atoms with Crippen molar-refractivity contribution in [3.05, 3.63) is 23.3 Å². The van der Waals surface area contributed by atoms with Crippen LogP contribution in [0.1, 0.15) is 81.1 Å². The van der Waals surface area contributed by atoms with E-state index in [0.29, 0.717) is 12.8 Å². The summed E-state index contributed by atoms with van der Waals surface area (Å²) >= 11 is 0. The van der Waals surface area contributed by atoms with E-state index in [9.17, 15) is 14.4 Å². The lowest BCUT2D eigenvalue weighted by atomic mass is 8.64. The molecule has 0 bridgehead atoms. The molecule has 3 N–H and O–H groups in total. The van der Waals surface area contributed by atoms with Crippen LogP contribution in [0.4, 0.5) is 0 Å². The van der Waals surface area contributed by atoms with Crippen LogP contribution >= 0.6 is 0 Å². The van der Waals surface area contributed by atoms with E-state index in [2.05, 4.69) is 29.7 Å². The third-order valence-corrected chi connectivity index (χ3v) is 7.40. The van der Waals surface area contributed by atoms with E-state index in [0.717, 1.165) is 19.1 Å². The van der Waals surface area contributed by atoms with Crippen LogP contribution in [-0.4, -0.2) is 131 Å². The summed E-state index contributed by atoms with van der Waals surface area (Å²) in [6.45, 7) is 15.2. The normalized spacial score (nSPS) is 24.0. The van der Waals surface area contributed by atoms with E-state index in [-0.39, 0.29) is 73.1 Å². The zero-order chi connectivity index (χ0) is 34.9. The van der Waals surface area contributed by atoms with Crippen molar-refractivity contribution >= 4 is 83.0 Å². The first-order chi connectivity index (χ1) is 21.0. The van der Waals surface area contributed by atoms with Crippen molar-refractivity contribution in [2.75, 3.05) is 6.61 Å². The number of ether oxygens (including phenoxy) is 2. The summed E-state index contributed by atoms with van der Waals surface area (Å²) in [4.78, 5) is 33.4. The number of allylic oxidation sites excluding steroid dienone is 2. The van der Waals surface area contributed by atoms with Crippen molar-refractivity contribution in [1.29, 1.82) is 0 Å². The van der Waals surface area contributed by atoms with Crippen LogP contribution < -0.4 is 10.6 Å². The monoisotopic (exact) mass is 607 g/mol. The van der Waals surface area contributed by atoms with Crippen LogP contribution in [0, 0.1) is 11.8 Å². The molecule has 0 aromatic rings. The first-order valence-electron chi connectivity index (χ1n) is 15.8. The lowest BCUT2D eigenvalue weighted by molar-refractivity contribution is -0.122. The third-order valence-electron chi connectivity index (χ3n) is 7.40. The molecule has 6 atom stereocenters. The van der Waals surface area contributed by atoms with Crippen LogP contribution in [0.2, 0.25) is 0 Å². The van der Waals surface area contributed by atoms with Crippen LogP contribution in [-0.2, 0) is 23.9 Å². The van der Waals surface area contributed by atoms with Gasteiger partial charge in [0.05, 0.1) is 36.5 Å². The standard InChI is InChI=1S/C14H25NO3.C14H23NO3.B9/c2*1-9(2)18-13-8-10(3)7-12(5-6-16)14(13)15-11(4)17;1-6-9(7(2)3)8(4)5/h8-9,12-14,16H,5-7H2,1-4H3,(H,15,17);6,8-9,12-14H,5,7H2,1-4H3,(H,15,17);/t2*12-,13+,14+;/m00./s1. The summed E-state index contributed by atoms with van der Waals surface area (Å²) in [6.07, 6.45) is 6.45. The summed E-state index contributed by atoms with van der Waals surface area (Å²) in [5, 5.41) is 15.1. The van der Waals surface area contributed by atoms with Crippen molar-refractivity contribution in [3.63, 3.8) is 0 Å². The van der Waals surface area contributed by atoms with E-state index in [1.54, 1.807) is 0 Å². The maximum atomic E-state index is 11.3. The smallest absolute Gasteiger partial charge is 0.217 e. The number of carbonyl (C=O) groups excluding carboxylic acids is 3. The summed E-state index contributed by atoms with van der Waals surface area (Å²) in [6, 6.07) is -0.153. The SMILES string of the molecule is CC(=O)N[C@@H]1[C@@H](CC=O)CC(C)=C[C@H]1OC(C)C.CC(=O)N[C@@H]1[C@@H](CCO)CC(C)=C[C@H]1OC(C)C.[B][B]B(B([B])[B])B([B])[B]. The first kappa shape index (κ1) is 43.6. The Morgan fingerprint density at radius 1 is 0.911 bits per heavy atom. The second-order valence-corrected chi connectivity index (χ2v) is 12.5. The number of carbonyl (C=O) groups is 3. The van der Waals surface area contributed by atoms with Crippen molar-refractivity contribution in [1.82, 2.24) is 10.6 Å². The van der Waals surface area contributed by atoms with Crippen molar-refractivity contribution in [3.8, 4) is 0 Å². The van der Waals surface area contributed by atoms with Gasteiger partial charge in [-0.05, 0) is 72.6 Å². The number of nitrogens with one attached hydrogen (secondary N) is 2. The van der Waals surface area contributed by atoms with Gasteiger partial charge in [-0.2, -0.15) is 0 Å². The predicted molar refractivity (Wildman–Crippen MR) is 193 cm³/mol. The van der Waals surface area contributed by atoms with Gasteiger partial charge in [-0.15, -0.1) is 0 Å². The number of aliphatic hydroxyl groups is 1. The Morgan fingerprint density at radius 3 is 1.60 bits per heavy atom. The molecule has 0 aliphatic heterocycles. The maximum Gasteiger partial charge on any atom is 0.217 e. The molecule has 0 aromatic heterocycles. The molecule has 0 spiro atoms. The fraction of sp³-hybridized carbons (Fsp3) is 0.750. The molecule has 0 unspecified atom stereocenters. The van der Waals surface area contributed by atoms with Crippen molar-refractivity contribution in [2.45, 2.75) is 118 Å². The molecular formula is C28H48B9N2O6. The third kappa shape index (κ3) is 17.9. The van der Waals surface area contributed by atoms with Gasteiger partial charge >= 0.3 is 0 Å². The molecule has 0 aromatic carbocycles. The second kappa shape index (κ2) is 23.0. The molecular weight excluding hydrogens is 558 g/mol. The molecule has 2 rings (SSSR count). The number of aliphatic hydroxyl groups excluding tert-OH is 1. The fourth-order valence-electron chi connectivity index (χ4n) is 5.58. The Labute approximate surface area is 281 Å². The van der Waals surface area contributed by atoms with Gasteiger partial charge < -0.3 is 30.0 Å². The highest BCUT2D eigenvalue weighted by Crippen LogP contribution is 2.30. The molecule has 45 heavy (non-hydrogen) atoms. The average Bonchev–Trinajstić information content (AvgIpc) is 2.88. The van der Waals surface area contributed by atoms with Gasteiger partial charge in [0.15, 0.2) is 0 Å². The van der Waals surface area contributed by atoms with Gasteiger partial charge in [-0.25, -0.2) is 0 Å². The van der Waals surface area contributed by atoms with Crippen LogP contribution in [0.15, 0.2) is 23.3 Å². The highest BCUT2D eigenvalue weighted by atomic mass is 16.5. The molecule has 17 heteroatoms. The Kier molecular flexibility index (Phi) is 22.2. The van der Waals surface area contributed by atoms with Gasteiger partial charge in [0.25, 0.3) is 0 Å². The van der Waals surface area contributed by atoms with E-state index in [4.69, 9.17) is 53.3 Å². The van der Waals surface area contributed by atoms with Gasteiger partial charge in [0, 0.05) is 91.8 Å². The topological polar surface area (TPSA) is 114 Å². The molecule has 11 radical (unpaired) electrons. The zero-order valence-electron chi connectivity index (χ0n) is 28.6. The van der Waals surface area contributed by atoms with Crippen molar-refractivity contribution in [2.24, 2.45) is 11.8 Å². The van der Waals surface area contributed by atoms with E-state index < -0.39 is 12.8 Å². The molecule has 0 fully saturated rings. The van der Waals surface area contributed by atoms with E-state index >= 15 is 0 Å². The van der Waals surface area contributed by atoms with Gasteiger partial charge in [0.1, 0.15) is 6.29 Å². The summed E-state index contributed by atoms with van der Waals surface area (Å²) in [5.74, 6) is 0.238. The number of hydrogen-bond acceptors (Lipinski definition) is 6. The summed E-state index contributed by atoms with van der Waals surface area (Å²) < 4.78 is 11.7. The minimum atomic E-state index is -0.574. The number of rotatable bonds is 13. The first-order valence-corrected chi connectivity index (χ1v) is 15.8. The van der Waals surface area contributed by atoms with Crippen LogP contribution in [0.5, 0.6) is 0 Å². The highest BCUT2D eigenvalue weighted by Gasteiger charge is 2.35. The number of amides is 2. The molecule has 2 aliphatic rings. The van der Waals surface area contributed by atoms with E-state index in [1.165, 1.54) is 32.1 Å². The van der Waals surface area contributed by atoms with Gasteiger partial charge in [-0.1, -0.05) is 23.3 Å². The molecule has 0 saturated heterocycles. The lowest BCUT2D eigenvalue weighted by Crippen LogP contribution is -2.55. The average molecular weight is 606 g/mol. The quantitative estimate of drug-likeness (QED) is 0.155. The minimum Gasteiger partial charge on any atom is -0.396 e. The summed E-state index contributed by atoms with van der Waals surface area (Å²) in [5.41, 5.74) is 2.48. The largest absolute Gasteiger partial charge is 0.396 e. The Hall–Kier alpha value is -1.45. The van der Waals surface area contributed by atoms with Crippen LogP contribution in [0.25, 0.3) is 0 Å². The van der Waals surface area contributed by atoms with E-state index in [1.807, 2.05) is 34.6 Å². The Morgan fingerprint density at radius 2 is 1.31 bits per heavy atom. The number of aldehydes is 1. The highest BCUT2D eigenvalue weighted by molar-refractivity contribution is 7.93. The lowest BCUT2D eigenvalue weighted by Gasteiger charge is -2.37. The molecule has 2 amide bonds. The molecule has 0 heterocycles. The van der Waals surface area contributed by atoms with Gasteiger partial charge in [0.2, 0.25) is 11.8 Å². The van der Waals surface area contributed by atoms with Gasteiger partial charge in [-0.3, -0.25) is 9.59 Å². The minimum absolute atomic E-state index is 0.0410. The van der Waals surface area contributed by atoms with Crippen molar-refractivity contribution < 1.29 is 29.0 Å². The summed E-state index contributed by atoms with van der Waals surface area (Å²) in [7, 11) is 27.5. The van der Waals surface area contributed by atoms with Crippen LogP contribution in [0.3, 0.4) is 0 Å². The fourth-order valence-corrected chi connectivity index (χ4v) is 5.58. The predicted octanol–water partition coefficient (Wildman–Crippen LogP) is 0.0460. The Balaban J connectivity index is 0.000000684. The number of hydrogen-bond donors (Lipinski definition) is 3. The maximum absolute atomic E-state index is 11.3. The molecule has 233 valence electrons. The molecule has 0 saturated carbocycles. The zero-order valence-corrected chi connectivity index (χ0v) is 28.6. The molecule has 8 nitrogen and oxygen atoms in total. The molecule has 2 aliphatic carbocycles. The Bertz CT molecular complexity index is 947. The second-order valence-electron chi connectivity index (χ2n) is 12.5.